The molecule has 0 radical (unpaired) electrons. The molecule has 0 heterocycles. The monoisotopic (exact) mass is 238 g/mol. The molecule has 1 aromatic carbocycles. The highest BCUT2D eigenvalue weighted by Crippen LogP contribution is 2.12. The summed E-state index contributed by atoms with van der Waals surface area (Å²) in [4.78, 5) is 0.429. The fraction of sp³-hybridized carbons (Fsp3) is 0.385. The van der Waals surface area contributed by atoms with Gasteiger partial charge in [-0.05, 0) is 31.4 Å². The first kappa shape index (κ1) is 13.0. The lowest BCUT2D eigenvalue weighted by molar-refractivity contribution is 0.590. The van der Waals surface area contributed by atoms with Gasteiger partial charge in [0.2, 0.25) is 0 Å². The maximum Gasteiger partial charge on any atom is 0.178 e. The van der Waals surface area contributed by atoms with E-state index in [0.717, 1.165) is 25.7 Å². The fourth-order valence-corrected chi connectivity index (χ4v) is 2.89. The molecule has 0 spiro atoms. The van der Waals surface area contributed by atoms with Crippen molar-refractivity contribution in [2.45, 2.75) is 30.6 Å². The van der Waals surface area contributed by atoms with E-state index in [4.69, 9.17) is 0 Å². The molecule has 0 amide bonds. The van der Waals surface area contributed by atoms with Gasteiger partial charge in [-0.15, -0.1) is 6.58 Å². The highest BCUT2D eigenvalue weighted by atomic mass is 32.2. The van der Waals surface area contributed by atoms with Crippen molar-refractivity contribution in [1.82, 2.24) is 0 Å². The Kier molecular flexibility index (Phi) is 5.26. The average molecular weight is 238 g/mol. The summed E-state index contributed by atoms with van der Waals surface area (Å²) < 4.78 is 23.7. The van der Waals surface area contributed by atoms with Crippen molar-refractivity contribution in [2.24, 2.45) is 0 Å². The number of benzene rings is 1. The van der Waals surface area contributed by atoms with Crippen molar-refractivity contribution >= 4 is 9.84 Å². The zero-order valence-corrected chi connectivity index (χ0v) is 10.2. The second-order valence-corrected chi connectivity index (χ2v) is 5.88. The molecule has 0 saturated carbocycles. The summed E-state index contributed by atoms with van der Waals surface area (Å²) in [6.45, 7) is 3.64. The fourth-order valence-electron chi connectivity index (χ4n) is 1.50. The van der Waals surface area contributed by atoms with Gasteiger partial charge in [0.15, 0.2) is 9.84 Å². The summed E-state index contributed by atoms with van der Waals surface area (Å²) >= 11 is 0. The van der Waals surface area contributed by atoms with Crippen molar-refractivity contribution in [1.29, 1.82) is 0 Å². The lowest BCUT2D eigenvalue weighted by atomic mass is 10.2. The summed E-state index contributed by atoms with van der Waals surface area (Å²) in [5.74, 6) is 0.244. The van der Waals surface area contributed by atoms with E-state index in [0.29, 0.717) is 4.90 Å². The number of rotatable bonds is 7. The summed E-state index contributed by atoms with van der Waals surface area (Å²) in [6, 6.07) is 8.64. The van der Waals surface area contributed by atoms with Crippen LogP contribution in [0.25, 0.3) is 0 Å². The average Bonchev–Trinajstić information content (AvgIpc) is 2.30. The first-order valence-electron chi connectivity index (χ1n) is 5.55. The molecule has 0 unspecified atom stereocenters. The van der Waals surface area contributed by atoms with E-state index < -0.39 is 9.84 Å². The third-order valence-corrected chi connectivity index (χ3v) is 4.24. The zero-order chi connectivity index (χ0) is 11.9. The van der Waals surface area contributed by atoms with Crippen LogP contribution in [-0.2, 0) is 9.84 Å². The van der Waals surface area contributed by atoms with Gasteiger partial charge in [-0.25, -0.2) is 8.42 Å². The van der Waals surface area contributed by atoms with Crippen LogP contribution in [0.2, 0.25) is 0 Å². The predicted octanol–water partition coefficient (Wildman–Crippen LogP) is 3.21. The van der Waals surface area contributed by atoms with E-state index in [1.807, 2.05) is 12.1 Å². The molecule has 1 aromatic rings. The molecule has 16 heavy (non-hydrogen) atoms. The molecule has 3 heteroatoms. The Morgan fingerprint density at radius 1 is 1.06 bits per heavy atom. The summed E-state index contributed by atoms with van der Waals surface area (Å²) in [7, 11) is -3.07. The van der Waals surface area contributed by atoms with Crippen LogP contribution < -0.4 is 0 Å². The lowest BCUT2D eigenvalue weighted by Crippen LogP contribution is -2.06. The molecule has 0 bridgehead atoms. The van der Waals surface area contributed by atoms with Crippen molar-refractivity contribution < 1.29 is 8.42 Å². The molecule has 0 aliphatic rings. The Morgan fingerprint density at radius 2 is 1.75 bits per heavy atom. The van der Waals surface area contributed by atoms with Crippen molar-refractivity contribution in [3.63, 3.8) is 0 Å². The van der Waals surface area contributed by atoms with Crippen LogP contribution in [0, 0.1) is 0 Å². The standard InChI is InChI=1S/C13H18O2S/c1-2-3-4-5-9-12-16(14,15)13-10-7-6-8-11-13/h2,6-8,10-11H,1,3-5,9,12H2. The van der Waals surface area contributed by atoms with Gasteiger partial charge >= 0.3 is 0 Å². The molecule has 0 aliphatic heterocycles. The minimum absolute atomic E-state index is 0.244. The largest absolute Gasteiger partial charge is 0.224 e. The Morgan fingerprint density at radius 3 is 2.38 bits per heavy atom. The van der Waals surface area contributed by atoms with Gasteiger partial charge in [0.1, 0.15) is 0 Å². The predicted molar refractivity (Wildman–Crippen MR) is 67.2 cm³/mol. The minimum atomic E-state index is -3.07. The van der Waals surface area contributed by atoms with Gasteiger partial charge in [-0.3, -0.25) is 0 Å². The molecule has 0 fully saturated rings. The number of sulfone groups is 1. The minimum Gasteiger partial charge on any atom is -0.224 e. The Labute approximate surface area is 97.9 Å². The van der Waals surface area contributed by atoms with Gasteiger partial charge in [0.25, 0.3) is 0 Å². The van der Waals surface area contributed by atoms with Gasteiger partial charge in [0, 0.05) is 0 Å². The van der Waals surface area contributed by atoms with Gasteiger partial charge in [-0.2, -0.15) is 0 Å². The lowest BCUT2D eigenvalue weighted by Gasteiger charge is -2.03. The third-order valence-electron chi connectivity index (χ3n) is 2.42. The summed E-state index contributed by atoms with van der Waals surface area (Å²) in [5.41, 5.74) is 0. The molecule has 0 aliphatic carbocycles. The topological polar surface area (TPSA) is 34.1 Å². The van der Waals surface area contributed by atoms with E-state index in [2.05, 4.69) is 6.58 Å². The van der Waals surface area contributed by atoms with Gasteiger partial charge in [0.05, 0.1) is 10.6 Å². The first-order valence-corrected chi connectivity index (χ1v) is 7.21. The number of hydrogen-bond donors (Lipinski definition) is 0. The SMILES string of the molecule is C=CCCCCCS(=O)(=O)c1ccccc1. The van der Waals surface area contributed by atoms with E-state index in [9.17, 15) is 8.42 Å². The summed E-state index contributed by atoms with van der Waals surface area (Å²) in [5, 5.41) is 0. The number of allylic oxidation sites excluding steroid dienone is 1. The highest BCUT2D eigenvalue weighted by molar-refractivity contribution is 7.91. The number of hydrogen-bond acceptors (Lipinski definition) is 2. The maximum absolute atomic E-state index is 11.8. The van der Waals surface area contributed by atoms with Crippen LogP contribution in [0.5, 0.6) is 0 Å². The first-order chi connectivity index (χ1) is 7.67. The van der Waals surface area contributed by atoms with Crippen LogP contribution in [0.1, 0.15) is 25.7 Å². The van der Waals surface area contributed by atoms with E-state index >= 15 is 0 Å². The van der Waals surface area contributed by atoms with Gasteiger partial charge in [-0.1, -0.05) is 30.7 Å². The van der Waals surface area contributed by atoms with Crippen LogP contribution in [0.3, 0.4) is 0 Å². The second kappa shape index (κ2) is 6.48. The molecule has 1 rings (SSSR count). The third kappa shape index (κ3) is 4.19. The maximum atomic E-state index is 11.8. The van der Waals surface area contributed by atoms with Crippen LogP contribution in [-0.4, -0.2) is 14.2 Å². The molecule has 88 valence electrons. The van der Waals surface area contributed by atoms with E-state index in [-0.39, 0.29) is 5.75 Å². The van der Waals surface area contributed by atoms with Crippen LogP contribution in [0.4, 0.5) is 0 Å². The Balaban J connectivity index is 2.44. The van der Waals surface area contributed by atoms with Crippen LogP contribution in [0.15, 0.2) is 47.9 Å². The van der Waals surface area contributed by atoms with Crippen molar-refractivity contribution in [3.05, 3.63) is 43.0 Å². The Bertz CT molecular complexity index is 407. The normalized spacial score (nSPS) is 11.2. The molecule has 0 N–H and O–H groups in total. The van der Waals surface area contributed by atoms with Crippen molar-refractivity contribution in [3.8, 4) is 0 Å². The van der Waals surface area contributed by atoms with Gasteiger partial charge < -0.3 is 0 Å². The van der Waals surface area contributed by atoms with E-state index in [1.165, 1.54) is 0 Å². The Hall–Kier alpha value is -1.09. The molecular formula is C13H18O2S. The number of unbranched alkanes of at least 4 members (excludes halogenated alkanes) is 3. The second-order valence-electron chi connectivity index (χ2n) is 3.77. The molecule has 0 atom stereocenters. The van der Waals surface area contributed by atoms with Crippen molar-refractivity contribution in [2.75, 3.05) is 5.75 Å². The molecule has 0 aromatic heterocycles. The summed E-state index contributed by atoms with van der Waals surface area (Å²) in [6.07, 6.45) is 5.52. The quantitative estimate of drug-likeness (QED) is 0.540. The van der Waals surface area contributed by atoms with E-state index in [1.54, 1.807) is 24.3 Å². The molecular weight excluding hydrogens is 220 g/mol. The van der Waals surface area contributed by atoms with Crippen LogP contribution >= 0.6 is 0 Å². The molecule has 0 saturated heterocycles. The molecule has 2 nitrogen and oxygen atoms in total. The zero-order valence-electron chi connectivity index (χ0n) is 9.43. The smallest absolute Gasteiger partial charge is 0.178 e. The highest BCUT2D eigenvalue weighted by Gasteiger charge is 2.12.